The largest absolute Gasteiger partial charge is 0.0826 e. The monoisotopic (exact) mass is 221 g/mol. The van der Waals surface area contributed by atoms with E-state index in [9.17, 15) is 0 Å². The van der Waals surface area contributed by atoms with Crippen LogP contribution in [0.3, 0.4) is 0 Å². The molecule has 0 saturated heterocycles. The SMILES string of the molecule is [2H]C1([2H])C([2H])([2H])C([2H])([2H])C([2H])(I)C([2H])([2H])C1([2H])[2H]. The Bertz CT molecular complexity index is 253. The molecule has 1 rings (SSSR count). The minimum atomic E-state index is -3.41. The Hall–Kier alpha value is 0.730. The van der Waals surface area contributed by atoms with Gasteiger partial charge in [-0.3, -0.25) is 0 Å². The molecule has 0 N–H and O–H groups in total. The molecule has 0 radical (unpaired) electrons. The van der Waals surface area contributed by atoms with Crippen molar-refractivity contribution in [3.8, 4) is 0 Å². The first-order valence-corrected chi connectivity index (χ1v) is 2.77. The Morgan fingerprint density at radius 3 is 2.57 bits per heavy atom. The molecule has 0 aromatic carbocycles. The van der Waals surface area contributed by atoms with E-state index in [0.29, 0.717) is 0 Å². The lowest BCUT2D eigenvalue weighted by Gasteiger charge is -2.13. The summed E-state index contributed by atoms with van der Waals surface area (Å²) in [6, 6.07) is 0. The Kier molecular flexibility index (Phi) is 0.413. The fourth-order valence-corrected chi connectivity index (χ4v) is 0.504. The van der Waals surface area contributed by atoms with Gasteiger partial charge in [0, 0.05) is 19.0 Å². The van der Waals surface area contributed by atoms with Crippen molar-refractivity contribution in [3.63, 3.8) is 0 Å². The van der Waals surface area contributed by atoms with Crippen LogP contribution < -0.4 is 0 Å². The van der Waals surface area contributed by atoms with E-state index in [1.165, 1.54) is 0 Å². The van der Waals surface area contributed by atoms with Gasteiger partial charge in [-0.15, -0.1) is 0 Å². The summed E-state index contributed by atoms with van der Waals surface area (Å²) in [7, 11) is 0. The van der Waals surface area contributed by atoms with E-state index < -0.39 is 35.8 Å². The van der Waals surface area contributed by atoms with Crippen LogP contribution in [0.25, 0.3) is 0 Å². The van der Waals surface area contributed by atoms with Crippen molar-refractivity contribution in [1.29, 1.82) is 0 Å². The maximum Gasteiger partial charge on any atom is 0.0414 e. The second-order valence-electron chi connectivity index (χ2n) is 0.939. The molecule has 7 heavy (non-hydrogen) atoms. The molecule has 1 heteroatoms. The van der Waals surface area contributed by atoms with Crippen LogP contribution in [-0.2, 0) is 0 Å². The van der Waals surface area contributed by atoms with E-state index in [2.05, 4.69) is 0 Å². The number of hydrogen-bond acceptors (Lipinski definition) is 0. The molecule has 0 amide bonds. The molecule has 0 bridgehead atoms. The van der Waals surface area contributed by atoms with Crippen molar-refractivity contribution in [2.24, 2.45) is 0 Å². The molecule has 0 nitrogen and oxygen atoms in total. The molecule has 42 valence electrons. The Morgan fingerprint density at radius 2 is 2.00 bits per heavy atom. The third-order valence-electron chi connectivity index (χ3n) is 0.469. The zero-order valence-electron chi connectivity index (χ0n) is 14.4. The molecule has 0 heterocycles. The van der Waals surface area contributed by atoms with E-state index in [4.69, 9.17) is 15.1 Å². The van der Waals surface area contributed by atoms with Gasteiger partial charge in [-0.2, -0.15) is 0 Å². The van der Waals surface area contributed by atoms with Crippen molar-refractivity contribution >= 4 is 22.6 Å². The first kappa shape index (κ1) is 0.998. The van der Waals surface area contributed by atoms with Gasteiger partial charge in [-0.05, 0) is 12.7 Å². The van der Waals surface area contributed by atoms with Crippen LogP contribution in [0.5, 0.6) is 0 Å². The van der Waals surface area contributed by atoms with Gasteiger partial charge in [-0.25, -0.2) is 0 Å². The normalized spacial score (nSPS) is 89.0. The number of hydrogen-bond donors (Lipinski definition) is 0. The molecule has 0 aliphatic heterocycles. The van der Waals surface area contributed by atoms with Gasteiger partial charge < -0.3 is 0 Å². The average Bonchev–Trinajstić information content (AvgIpc) is 2.14. The summed E-state index contributed by atoms with van der Waals surface area (Å²) < 4.78 is 80.1. The van der Waals surface area contributed by atoms with Crippen LogP contribution in [0.2, 0.25) is 0 Å². The maximum atomic E-state index is 7.71. The van der Waals surface area contributed by atoms with Gasteiger partial charge in [0.25, 0.3) is 0 Å². The summed E-state index contributed by atoms with van der Waals surface area (Å²) >= 11 is 1.01. The molecule has 0 spiro atoms. The Morgan fingerprint density at radius 1 is 1.43 bits per heavy atom. The van der Waals surface area contributed by atoms with Crippen molar-refractivity contribution in [1.82, 2.24) is 0 Å². The zero-order valence-corrected chi connectivity index (χ0v) is 5.54. The summed E-state index contributed by atoms with van der Waals surface area (Å²) in [5.41, 5.74) is 0. The van der Waals surface area contributed by atoms with Gasteiger partial charge in [0.2, 0.25) is 0 Å². The maximum absolute atomic E-state index is 7.71. The van der Waals surface area contributed by atoms with Crippen molar-refractivity contribution in [3.05, 3.63) is 0 Å². The molecule has 1 fully saturated rings. The van der Waals surface area contributed by atoms with Gasteiger partial charge in [0.15, 0.2) is 0 Å². The second-order valence-corrected chi connectivity index (χ2v) is 2.02. The molecular weight excluding hydrogens is 199 g/mol. The number of alkyl halides is 1. The summed E-state index contributed by atoms with van der Waals surface area (Å²) in [6.45, 7) is 0. The molecule has 0 aromatic heterocycles. The summed E-state index contributed by atoms with van der Waals surface area (Å²) in [6.07, 6.45) is -16.5. The van der Waals surface area contributed by atoms with Crippen LogP contribution in [-0.4, -0.2) is 3.90 Å². The molecule has 1 aliphatic carbocycles. The van der Waals surface area contributed by atoms with Gasteiger partial charge in [0.05, 0.1) is 0 Å². The van der Waals surface area contributed by atoms with Crippen molar-refractivity contribution in [2.45, 2.75) is 35.8 Å². The fraction of sp³-hybridized carbons (Fsp3) is 1.00. The quantitative estimate of drug-likeness (QED) is 0.436. The predicted octanol–water partition coefficient (Wildman–Crippen LogP) is 2.75. The van der Waals surface area contributed by atoms with Crippen LogP contribution in [0.4, 0.5) is 0 Å². The molecular formula is C6H11I. The minimum absolute atomic E-state index is 1.01. The highest BCUT2D eigenvalue weighted by Gasteiger charge is 2.07. The highest BCUT2D eigenvalue weighted by Crippen LogP contribution is 2.23. The van der Waals surface area contributed by atoms with E-state index in [1.54, 1.807) is 0 Å². The van der Waals surface area contributed by atoms with E-state index in [0.717, 1.165) is 22.6 Å². The fourth-order valence-electron chi connectivity index (χ4n) is 0.235. The topological polar surface area (TPSA) is 0 Å². The average molecular weight is 221 g/mol. The lowest BCUT2D eigenvalue weighted by molar-refractivity contribution is 0.528. The zero-order chi connectivity index (χ0) is 15.0. The van der Waals surface area contributed by atoms with Crippen LogP contribution in [0.15, 0.2) is 0 Å². The van der Waals surface area contributed by atoms with Crippen molar-refractivity contribution < 1.29 is 15.1 Å². The Balaban J connectivity index is 3.72. The molecule has 0 atom stereocenters. The van der Waals surface area contributed by atoms with Crippen LogP contribution in [0.1, 0.15) is 46.9 Å². The Labute approximate surface area is 74.3 Å². The minimum Gasteiger partial charge on any atom is -0.0826 e. The van der Waals surface area contributed by atoms with Gasteiger partial charge in [-0.1, -0.05) is 41.7 Å². The first-order valence-electron chi connectivity index (χ1n) is 7.19. The van der Waals surface area contributed by atoms with Crippen LogP contribution in [0, 0.1) is 0 Å². The first-order chi connectivity index (χ1) is 7.50. The van der Waals surface area contributed by atoms with Crippen LogP contribution >= 0.6 is 22.6 Å². The summed E-state index contributed by atoms with van der Waals surface area (Å²) in [5.74, 6) is 0. The number of halogens is 1. The van der Waals surface area contributed by atoms with Crippen molar-refractivity contribution in [2.75, 3.05) is 0 Å². The molecule has 0 unspecified atom stereocenters. The second kappa shape index (κ2) is 2.90. The molecule has 0 aromatic rings. The lowest BCUT2D eigenvalue weighted by Crippen LogP contribution is -2.02. The standard InChI is InChI=1S/C6H11I/c7-6-4-2-1-3-5-6/h6H,1-5H2/i1D2,2D2,3D2,4D2,5D2,6D. The van der Waals surface area contributed by atoms with Gasteiger partial charge in [0.1, 0.15) is 0 Å². The highest BCUT2D eigenvalue weighted by molar-refractivity contribution is 14.1. The summed E-state index contributed by atoms with van der Waals surface area (Å²) in [4.78, 5) is 0. The number of rotatable bonds is 0. The lowest BCUT2D eigenvalue weighted by atomic mass is 10.0. The smallest absolute Gasteiger partial charge is 0.0414 e. The summed E-state index contributed by atoms with van der Waals surface area (Å²) in [5, 5.41) is 0. The van der Waals surface area contributed by atoms with E-state index in [1.807, 2.05) is 0 Å². The van der Waals surface area contributed by atoms with E-state index >= 15 is 0 Å². The van der Waals surface area contributed by atoms with E-state index in [-0.39, 0.29) is 0 Å². The third kappa shape index (κ3) is 1.98. The predicted molar refractivity (Wildman–Crippen MR) is 40.9 cm³/mol. The highest BCUT2D eigenvalue weighted by atomic mass is 127. The van der Waals surface area contributed by atoms with Gasteiger partial charge >= 0.3 is 0 Å². The molecule has 1 aliphatic rings. The molecule has 1 saturated carbocycles. The third-order valence-corrected chi connectivity index (χ3v) is 1.01.